The summed E-state index contributed by atoms with van der Waals surface area (Å²) in [6, 6.07) is 1.84. The molecule has 0 aliphatic heterocycles. The monoisotopic (exact) mass is 225 g/mol. The van der Waals surface area contributed by atoms with Gasteiger partial charge < -0.3 is 5.73 Å². The molecule has 0 aliphatic carbocycles. The van der Waals surface area contributed by atoms with Crippen LogP contribution in [-0.4, -0.2) is 15.7 Å². The minimum absolute atomic E-state index is 0.585. The molecule has 84 valence electrons. The number of anilines is 1. The van der Waals surface area contributed by atoms with Gasteiger partial charge in [-0.3, -0.25) is 0 Å². The van der Waals surface area contributed by atoms with E-state index in [1.54, 1.807) is 0 Å². The quantitative estimate of drug-likeness (QED) is 0.836. The van der Waals surface area contributed by atoms with E-state index in [4.69, 9.17) is 5.73 Å². The average Bonchev–Trinajstić information content (AvgIpc) is 2.16. The summed E-state index contributed by atoms with van der Waals surface area (Å²) in [5.74, 6) is 4.15. The maximum absolute atomic E-state index is 5.71. The zero-order chi connectivity index (χ0) is 11.3. The van der Waals surface area contributed by atoms with Gasteiger partial charge in [-0.25, -0.2) is 9.97 Å². The number of hydrogen-bond acceptors (Lipinski definition) is 4. The van der Waals surface area contributed by atoms with Crippen LogP contribution in [0.2, 0.25) is 0 Å². The zero-order valence-corrected chi connectivity index (χ0v) is 10.5. The van der Waals surface area contributed by atoms with Crippen molar-refractivity contribution < 1.29 is 0 Å². The van der Waals surface area contributed by atoms with Crippen LogP contribution in [0.3, 0.4) is 0 Å². The summed E-state index contributed by atoms with van der Waals surface area (Å²) < 4.78 is 0. The smallest absolute Gasteiger partial charge is 0.140 e. The molecular formula is C11H19N3S. The number of nitrogens with two attached hydrogens (primary N) is 1. The maximum Gasteiger partial charge on any atom is 0.140 e. The molecule has 0 aliphatic rings. The van der Waals surface area contributed by atoms with Gasteiger partial charge in [0, 0.05) is 11.8 Å². The highest BCUT2D eigenvalue weighted by Gasteiger charge is 2.02. The Morgan fingerprint density at radius 2 is 2.13 bits per heavy atom. The van der Waals surface area contributed by atoms with Crippen molar-refractivity contribution in [2.75, 3.05) is 11.5 Å². The molecular weight excluding hydrogens is 206 g/mol. The van der Waals surface area contributed by atoms with E-state index >= 15 is 0 Å². The zero-order valence-electron chi connectivity index (χ0n) is 9.66. The predicted octanol–water partition coefficient (Wildman–Crippen LogP) is 2.51. The van der Waals surface area contributed by atoms with Crippen LogP contribution in [0.1, 0.15) is 32.3 Å². The molecule has 1 rings (SSSR count). The molecule has 0 atom stereocenters. The fourth-order valence-corrected chi connectivity index (χ4v) is 2.11. The lowest BCUT2D eigenvalue weighted by Gasteiger charge is -2.05. The van der Waals surface area contributed by atoms with Gasteiger partial charge in [0.2, 0.25) is 0 Å². The largest absolute Gasteiger partial charge is 0.384 e. The Morgan fingerprint density at radius 3 is 2.73 bits per heavy atom. The molecule has 0 saturated heterocycles. The highest BCUT2D eigenvalue weighted by molar-refractivity contribution is 7.98. The Hall–Kier alpha value is -0.770. The molecule has 0 amide bonds. The van der Waals surface area contributed by atoms with Crippen LogP contribution in [0.4, 0.5) is 5.82 Å². The SMILES string of the molecule is CCc1cc(N)nc(CSCC(C)C)n1. The summed E-state index contributed by atoms with van der Waals surface area (Å²) in [7, 11) is 0. The number of nitrogen functional groups attached to an aromatic ring is 1. The number of nitrogens with zero attached hydrogens (tertiary/aromatic N) is 2. The van der Waals surface area contributed by atoms with E-state index in [-0.39, 0.29) is 0 Å². The molecule has 0 spiro atoms. The van der Waals surface area contributed by atoms with Gasteiger partial charge in [-0.15, -0.1) is 0 Å². The lowest BCUT2D eigenvalue weighted by atomic mass is 10.3. The molecule has 1 aromatic rings. The van der Waals surface area contributed by atoms with E-state index in [0.717, 1.165) is 29.4 Å². The first kappa shape index (κ1) is 12.3. The third-order valence-electron chi connectivity index (χ3n) is 1.89. The van der Waals surface area contributed by atoms with Crippen molar-refractivity contribution in [3.8, 4) is 0 Å². The van der Waals surface area contributed by atoms with Gasteiger partial charge in [-0.1, -0.05) is 20.8 Å². The fourth-order valence-electron chi connectivity index (χ4n) is 1.21. The van der Waals surface area contributed by atoms with Crippen molar-refractivity contribution in [3.05, 3.63) is 17.6 Å². The molecule has 1 heterocycles. The number of aromatic nitrogens is 2. The molecule has 0 aromatic carbocycles. The summed E-state index contributed by atoms with van der Waals surface area (Å²) in [6.07, 6.45) is 0.911. The molecule has 0 bridgehead atoms. The second-order valence-electron chi connectivity index (χ2n) is 3.96. The van der Waals surface area contributed by atoms with Crippen molar-refractivity contribution in [2.24, 2.45) is 5.92 Å². The van der Waals surface area contributed by atoms with Crippen LogP contribution in [0.5, 0.6) is 0 Å². The van der Waals surface area contributed by atoms with Gasteiger partial charge in [0.25, 0.3) is 0 Å². The van der Waals surface area contributed by atoms with Gasteiger partial charge in [0.05, 0.1) is 5.75 Å². The van der Waals surface area contributed by atoms with Gasteiger partial charge in [0.1, 0.15) is 11.6 Å². The van der Waals surface area contributed by atoms with Crippen LogP contribution in [0.15, 0.2) is 6.07 Å². The maximum atomic E-state index is 5.71. The summed E-state index contributed by atoms with van der Waals surface area (Å²) in [5.41, 5.74) is 6.74. The van der Waals surface area contributed by atoms with Gasteiger partial charge in [-0.2, -0.15) is 11.8 Å². The highest BCUT2D eigenvalue weighted by atomic mass is 32.2. The third kappa shape index (κ3) is 4.51. The number of aryl methyl sites for hydroxylation is 1. The highest BCUT2D eigenvalue weighted by Crippen LogP contribution is 2.14. The second-order valence-corrected chi connectivity index (χ2v) is 4.99. The Kier molecular flexibility index (Phi) is 4.88. The third-order valence-corrected chi connectivity index (χ3v) is 3.25. The van der Waals surface area contributed by atoms with Crippen molar-refractivity contribution in [1.82, 2.24) is 9.97 Å². The molecule has 2 N–H and O–H groups in total. The molecule has 0 fully saturated rings. The summed E-state index contributed by atoms with van der Waals surface area (Å²) in [6.45, 7) is 6.50. The summed E-state index contributed by atoms with van der Waals surface area (Å²) in [5, 5.41) is 0. The molecule has 3 nitrogen and oxygen atoms in total. The van der Waals surface area contributed by atoms with Crippen LogP contribution >= 0.6 is 11.8 Å². The Labute approximate surface area is 95.9 Å². The normalized spacial score (nSPS) is 10.9. The van der Waals surface area contributed by atoms with Gasteiger partial charge >= 0.3 is 0 Å². The second kappa shape index (κ2) is 5.95. The van der Waals surface area contributed by atoms with Crippen LogP contribution in [0.25, 0.3) is 0 Å². The van der Waals surface area contributed by atoms with Crippen molar-refractivity contribution >= 4 is 17.6 Å². The fraction of sp³-hybridized carbons (Fsp3) is 0.636. The number of thioether (sulfide) groups is 1. The molecule has 4 heteroatoms. The van der Waals surface area contributed by atoms with Gasteiger partial charge in [-0.05, 0) is 18.1 Å². The van der Waals surface area contributed by atoms with Gasteiger partial charge in [0.15, 0.2) is 0 Å². The van der Waals surface area contributed by atoms with Crippen LogP contribution in [-0.2, 0) is 12.2 Å². The first-order valence-corrected chi connectivity index (χ1v) is 6.47. The Balaban J connectivity index is 2.56. The Bertz CT molecular complexity index is 313. The minimum atomic E-state index is 0.585. The van der Waals surface area contributed by atoms with Crippen molar-refractivity contribution in [3.63, 3.8) is 0 Å². The molecule has 0 radical (unpaired) electrons. The average molecular weight is 225 g/mol. The Morgan fingerprint density at radius 1 is 1.40 bits per heavy atom. The number of hydrogen-bond donors (Lipinski definition) is 1. The first-order valence-electron chi connectivity index (χ1n) is 5.31. The first-order chi connectivity index (χ1) is 7.11. The standard InChI is InChI=1S/C11H19N3S/c1-4-9-5-10(12)14-11(13-9)7-15-6-8(2)3/h5,8H,4,6-7H2,1-3H3,(H2,12,13,14). The van der Waals surface area contributed by atoms with E-state index in [1.807, 2.05) is 17.8 Å². The molecule has 0 unspecified atom stereocenters. The predicted molar refractivity (Wildman–Crippen MR) is 66.8 cm³/mol. The lowest BCUT2D eigenvalue weighted by molar-refractivity contribution is 0.749. The van der Waals surface area contributed by atoms with Crippen molar-refractivity contribution in [1.29, 1.82) is 0 Å². The summed E-state index contributed by atoms with van der Waals surface area (Å²) >= 11 is 1.86. The molecule has 1 aromatic heterocycles. The van der Waals surface area contributed by atoms with Crippen LogP contribution < -0.4 is 5.73 Å². The van der Waals surface area contributed by atoms with Crippen molar-refractivity contribution in [2.45, 2.75) is 32.9 Å². The lowest BCUT2D eigenvalue weighted by Crippen LogP contribution is -2.02. The van der Waals surface area contributed by atoms with E-state index in [2.05, 4.69) is 30.7 Å². The number of rotatable bonds is 5. The van der Waals surface area contributed by atoms with E-state index in [0.29, 0.717) is 11.7 Å². The topological polar surface area (TPSA) is 51.8 Å². The minimum Gasteiger partial charge on any atom is -0.384 e. The van der Waals surface area contributed by atoms with E-state index in [9.17, 15) is 0 Å². The molecule has 15 heavy (non-hydrogen) atoms. The summed E-state index contributed by atoms with van der Waals surface area (Å²) in [4.78, 5) is 8.66. The van der Waals surface area contributed by atoms with E-state index in [1.165, 1.54) is 0 Å². The van der Waals surface area contributed by atoms with E-state index < -0.39 is 0 Å². The molecule has 0 saturated carbocycles. The van der Waals surface area contributed by atoms with Crippen LogP contribution in [0, 0.1) is 5.92 Å².